The monoisotopic (exact) mass is 374 g/mol. The van der Waals surface area contributed by atoms with Crippen molar-refractivity contribution in [2.24, 2.45) is 0 Å². The van der Waals surface area contributed by atoms with E-state index in [1.165, 1.54) is 0 Å². The van der Waals surface area contributed by atoms with Gasteiger partial charge in [0.15, 0.2) is 6.10 Å². The number of hydrogen-bond donors (Lipinski definition) is 0. The lowest BCUT2D eigenvalue weighted by atomic mass is 10.2. The molecule has 0 aliphatic heterocycles. The van der Waals surface area contributed by atoms with Crippen LogP contribution in [0.2, 0.25) is 39.3 Å². The van der Waals surface area contributed by atoms with E-state index in [1.54, 1.807) is 14.2 Å². The molecule has 0 aromatic heterocycles. The van der Waals surface area contributed by atoms with Gasteiger partial charge in [-0.1, -0.05) is 51.1 Å². The minimum Gasteiger partial charge on any atom is -0.497 e. The van der Waals surface area contributed by atoms with Gasteiger partial charge < -0.3 is 14.2 Å². The molecular formula is C20H30O3Si2. The van der Waals surface area contributed by atoms with Crippen molar-refractivity contribution in [3.05, 3.63) is 23.8 Å². The Morgan fingerprint density at radius 3 is 1.60 bits per heavy atom. The van der Waals surface area contributed by atoms with Crippen molar-refractivity contribution >= 4 is 16.1 Å². The molecule has 0 saturated heterocycles. The number of benzene rings is 1. The summed E-state index contributed by atoms with van der Waals surface area (Å²) in [6.07, 6.45) is -0.365. The molecular weight excluding hydrogens is 344 g/mol. The highest BCUT2D eigenvalue weighted by atomic mass is 28.3. The first-order chi connectivity index (χ1) is 11.5. The second kappa shape index (κ2) is 9.15. The lowest BCUT2D eigenvalue weighted by molar-refractivity contribution is 0.113. The minimum atomic E-state index is -1.47. The van der Waals surface area contributed by atoms with E-state index in [0.717, 1.165) is 17.1 Å². The Bertz CT molecular complexity index is 638. The molecule has 25 heavy (non-hydrogen) atoms. The highest BCUT2D eigenvalue weighted by Gasteiger charge is 2.12. The van der Waals surface area contributed by atoms with Crippen LogP contribution in [-0.4, -0.2) is 36.5 Å². The van der Waals surface area contributed by atoms with Crippen molar-refractivity contribution in [1.29, 1.82) is 0 Å². The van der Waals surface area contributed by atoms with Gasteiger partial charge in [0, 0.05) is 6.07 Å². The van der Waals surface area contributed by atoms with E-state index in [2.05, 4.69) is 62.2 Å². The van der Waals surface area contributed by atoms with E-state index in [-0.39, 0.29) is 6.10 Å². The van der Waals surface area contributed by atoms with Gasteiger partial charge in [0.05, 0.1) is 20.8 Å². The summed E-state index contributed by atoms with van der Waals surface area (Å²) in [6, 6.07) is 5.73. The highest BCUT2D eigenvalue weighted by molar-refractivity contribution is 6.84. The first kappa shape index (κ1) is 21.4. The van der Waals surface area contributed by atoms with Crippen LogP contribution in [0.1, 0.15) is 5.56 Å². The van der Waals surface area contributed by atoms with E-state index in [9.17, 15) is 0 Å². The molecule has 1 aromatic carbocycles. The van der Waals surface area contributed by atoms with Crippen molar-refractivity contribution in [2.75, 3.05) is 14.2 Å². The molecule has 0 aliphatic rings. The van der Waals surface area contributed by atoms with Crippen LogP contribution < -0.4 is 9.47 Å². The third-order valence-electron chi connectivity index (χ3n) is 2.98. The highest BCUT2D eigenvalue weighted by Crippen LogP contribution is 2.23. The van der Waals surface area contributed by atoms with Crippen molar-refractivity contribution in [3.8, 4) is 34.4 Å². The van der Waals surface area contributed by atoms with Crippen LogP contribution in [0.5, 0.6) is 11.5 Å². The molecule has 0 spiro atoms. The maximum atomic E-state index is 6.00. The second-order valence-electron chi connectivity index (χ2n) is 7.95. The summed E-state index contributed by atoms with van der Waals surface area (Å²) in [5.74, 6) is 7.96. The Morgan fingerprint density at radius 2 is 1.24 bits per heavy atom. The van der Waals surface area contributed by atoms with Crippen LogP contribution in [0.4, 0.5) is 0 Å². The molecule has 136 valence electrons. The van der Waals surface area contributed by atoms with E-state index in [4.69, 9.17) is 14.2 Å². The fourth-order valence-corrected chi connectivity index (χ4v) is 2.94. The summed E-state index contributed by atoms with van der Waals surface area (Å²) in [5.41, 5.74) is 7.71. The molecule has 0 radical (unpaired) electrons. The fourth-order valence-electron chi connectivity index (χ4n) is 1.81. The average Bonchev–Trinajstić information content (AvgIpc) is 2.51. The summed E-state index contributed by atoms with van der Waals surface area (Å²) < 4.78 is 16.6. The van der Waals surface area contributed by atoms with Gasteiger partial charge in [-0.25, -0.2) is 0 Å². The van der Waals surface area contributed by atoms with E-state index >= 15 is 0 Å². The van der Waals surface area contributed by atoms with Gasteiger partial charge in [-0.05, 0) is 17.7 Å². The van der Waals surface area contributed by atoms with Gasteiger partial charge >= 0.3 is 0 Å². The van der Waals surface area contributed by atoms with Crippen LogP contribution in [0, 0.1) is 22.9 Å². The van der Waals surface area contributed by atoms with Crippen molar-refractivity contribution < 1.29 is 14.2 Å². The van der Waals surface area contributed by atoms with Gasteiger partial charge in [0.25, 0.3) is 0 Å². The topological polar surface area (TPSA) is 27.7 Å². The molecule has 0 bridgehead atoms. The van der Waals surface area contributed by atoms with Crippen LogP contribution in [-0.2, 0) is 11.3 Å². The standard InChI is InChI=1S/C20H30O3Si2/c1-21-19-13-17(14-20(15-19)22-2)16-23-18(9-11-24(3,4)5)10-12-25(6,7)8/h13-15,18H,16H2,1-8H3. The van der Waals surface area contributed by atoms with Gasteiger partial charge in [0.1, 0.15) is 27.6 Å². The van der Waals surface area contributed by atoms with E-state index in [1.807, 2.05) is 18.2 Å². The summed E-state index contributed by atoms with van der Waals surface area (Å²) in [5, 5.41) is 0. The first-order valence-corrected chi connectivity index (χ1v) is 15.4. The van der Waals surface area contributed by atoms with Crippen LogP contribution in [0.15, 0.2) is 18.2 Å². The number of rotatable bonds is 5. The summed E-state index contributed by atoms with van der Waals surface area (Å²) >= 11 is 0. The lowest BCUT2D eigenvalue weighted by Crippen LogP contribution is -2.20. The van der Waals surface area contributed by atoms with Crippen LogP contribution in [0.25, 0.3) is 0 Å². The Hall–Kier alpha value is -1.67. The SMILES string of the molecule is COc1cc(COC(C#C[Si](C)(C)C)C#C[Si](C)(C)C)cc(OC)c1. The van der Waals surface area contributed by atoms with Crippen molar-refractivity contribution in [3.63, 3.8) is 0 Å². The zero-order valence-electron chi connectivity index (χ0n) is 16.7. The van der Waals surface area contributed by atoms with Crippen LogP contribution >= 0.6 is 0 Å². The normalized spacial score (nSPS) is 11.2. The van der Waals surface area contributed by atoms with Gasteiger partial charge in [-0.3, -0.25) is 0 Å². The molecule has 1 aromatic rings. The maximum absolute atomic E-state index is 6.00. The van der Waals surface area contributed by atoms with Crippen molar-refractivity contribution in [2.45, 2.75) is 52.0 Å². The number of hydrogen-bond acceptors (Lipinski definition) is 3. The van der Waals surface area contributed by atoms with Gasteiger partial charge in [-0.15, -0.1) is 11.1 Å². The molecule has 0 heterocycles. The largest absolute Gasteiger partial charge is 0.497 e. The van der Waals surface area contributed by atoms with Gasteiger partial charge in [-0.2, -0.15) is 0 Å². The zero-order chi connectivity index (χ0) is 19.1. The number of ether oxygens (including phenoxy) is 3. The summed E-state index contributed by atoms with van der Waals surface area (Å²) in [6.45, 7) is 13.7. The number of methoxy groups -OCH3 is 2. The van der Waals surface area contributed by atoms with Crippen LogP contribution in [0.3, 0.4) is 0 Å². The molecule has 1 rings (SSSR count). The van der Waals surface area contributed by atoms with E-state index < -0.39 is 16.1 Å². The first-order valence-electron chi connectivity index (χ1n) is 8.41. The predicted octanol–water partition coefficient (Wildman–Crippen LogP) is 4.35. The molecule has 0 N–H and O–H groups in total. The van der Waals surface area contributed by atoms with Crippen molar-refractivity contribution in [1.82, 2.24) is 0 Å². The molecule has 0 atom stereocenters. The Balaban J connectivity index is 2.97. The third kappa shape index (κ3) is 9.41. The second-order valence-corrected chi connectivity index (χ2v) is 17.5. The average molecular weight is 375 g/mol. The molecule has 0 saturated carbocycles. The third-order valence-corrected chi connectivity index (χ3v) is 4.77. The molecule has 5 heteroatoms. The molecule has 0 fully saturated rings. The molecule has 0 aliphatic carbocycles. The quantitative estimate of drug-likeness (QED) is 0.566. The van der Waals surface area contributed by atoms with Gasteiger partial charge in [0.2, 0.25) is 0 Å². The Morgan fingerprint density at radius 1 is 0.800 bits per heavy atom. The lowest BCUT2D eigenvalue weighted by Gasteiger charge is -2.12. The fraction of sp³-hybridized carbons (Fsp3) is 0.500. The van der Waals surface area contributed by atoms with E-state index in [0.29, 0.717) is 6.61 Å². The summed E-state index contributed by atoms with van der Waals surface area (Å²) in [4.78, 5) is 0. The zero-order valence-corrected chi connectivity index (χ0v) is 18.7. The minimum absolute atomic E-state index is 0.365. The molecule has 3 nitrogen and oxygen atoms in total. The summed E-state index contributed by atoms with van der Waals surface area (Å²) in [7, 11) is 0.339. The predicted molar refractivity (Wildman–Crippen MR) is 110 cm³/mol. The molecule has 0 unspecified atom stereocenters. The maximum Gasteiger partial charge on any atom is 0.178 e. The Labute approximate surface area is 155 Å². The molecule has 0 amide bonds. The Kier molecular flexibility index (Phi) is 7.82. The smallest absolute Gasteiger partial charge is 0.178 e.